The van der Waals surface area contributed by atoms with Gasteiger partial charge in [0.2, 0.25) is 0 Å². The Balaban J connectivity index is 1.87. The van der Waals surface area contributed by atoms with Crippen molar-refractivity contribution in [2.45, 2.75) is 12.8 Å². The molecule has 0 bridgehead atoms. The van der Waals surface area contributed by atoms with Gasteiger partial charge in [-0.25, -0.2) is 4.98 Å². The minimum atomic E-state index is -0.166. The molecule has 1 aromatic heterocycles. The molecule has 3 N–H and O–H groups in total. The van der Waals surface area contributed by atoms with E-state index in [2.05, 4.69) is 10.3 Å². The highest BCUT2D eigenvalue weighted by Crippen LogP contribution is 2.13. The Morgan fingerprint density at radius 2 is 2.53 bits per heavy atom. The van der Waals surface area contributed by atoms with Crippen molar-refractivity contribution in [3.8, 4) is 0 Å². The molecular formula is C12H17N3O2. The summed E-state index contributed by atoms with van der Waals surface area (Å²) >= 11 is 0. The molecule has 2 rings (SSSR count). The Bertz CT molecular complexity index is 389. The van der Waals surface area contributed by atoms with E-state index in [-0.39, 0.29) is 11.7 Å². The van der Waals surface area contributed by atoms with Crippen molar-refractivity contribution >= 4 is 11.7 Å². The van der Waals surface area contributed by atoms with Gasteiger partial charge < -0.3 is 15.8 Å². The summed E-state index contributed by atoms with van der Waals surface area (Å²) in [7, 11) is 0. The lowest BCUT2D eigenvalue weighted by Crippen LogP contribution is -2.33. The smallest absolute Gasteiger partial charge is 0.255 e. The first-order chi connectivity index (χ1) is 8.27. The van der Waals surface area contributed by atoms with Crippen LogP contribution in [0, 0.1) is 5.92 Å². The van der Waals surface area contributed by atoms with Crippen LogP contribution in [0.1, 0.15) is 23.2 Å². The number of nitrogens with two attached hydrogens (primary N) is 1. The number of nitrogens with one attached hydrogen (secondary N) is 1. The van der Waals surface area contributed by atoms with E-state index >= 15 is 0 Å². The van der Waals surface area contributed by atoms with Gasteiger partial charge in [-0.05, 0) is 30.9 Å². The molecule has 0 aliphatic carbocycles. The van der Waals surface area contributed by atoms with Crippen molar-refractivity contribution in [1.82, 2.24) is 10.3 Å². The van der Waals surface area contributed by atoms with Crippen LogP contribution >= 0.6 is 0 Å². The molecule has 1 atom stereocenters. The quantitative estimate of drug-likeness (QED) is 0.813. The summed E-state index contributed by atoms with van der Waals surface area (Å²) < 4.78 is 5.36. The number of rotatable bonds is 3. The first-order valence-corrected chi connectivity index (χ1v) is 5.84. The predicted molar refractivity (Wildman–Crippen MR) is 64.5 cm³/mol. The van der Waals surface area contributed by atoms with Crippen LogP contribution in [0.3, 0.4) is 0 Å². The zero-order chi connectivity index (χ0) is 12.1. The van der Waals surface area contributed by atoms with Gasteiger partial charge in [0.1, 0.15) is 5.82 Å². The normalized spacial score (nSPS) is 19.9. The number of anilines is 1. The van der Waals surface area contributed by atoms with Gasteiger partial charge >= 0.3 is 0 Å². The van der Waals surface area contributed by atoms with Crippen molar-refractivity contribution in [2.75, 3.05) is 25.5 Å². The van der Waals surface area contributed by atoms with E-state index < -0.39 is 0 Å². The molecule has 92 valence electrons. The highest BCUT2D eigenvalue weighted by Gasteiger charge is 2.16. The topological polar surface area (TPSA) is 77.2 Å². The number of carbonyl (C=O) groups is 1. The fourth-order valence-electron chi connectivity index (χ4n) is 1.91. The molecule has 5 heteroatoms. The monoisotopic (exact) mass is 235 g/mol. The average molecular weight is 235 g/mol. The second kappa shape index (κ2) is 5.63. The molecule has 1 unspecified atom stereocenters. The molecule has 1 saturated heterocycles. The standard InChI is InChI=1S/C12H17N3O2/c13-11-10(4-1-5-14-11)12(16)15-7-9-3-2-6-17-8-9/h1,4-5,9H,2-3,6-8H2,(H2,13,14)(H,15,16). The number of nitrogens with zero attached hydrogens (tertiary/aromatic N) is 1. The number of nitrogen functional groups attached to an aromatic ring is 1. The van der Waals surface area contributed by atoms with Gasteiger partial charge in [-0.3, -0.25) is 4.79 Å². The van der Waals surface area contributed by atoms with Gasteiger partial charge in [0.25, 0.3) is 5.91 Å². The van der Waals surface area contributed by atoms with Crippen LogP contribution in [0.25, 0.3) is 0 Å². The minimum absolute atomic E-state index is 0.166. The number of hydrogen-bond acceptors (Lipinski definition) is 4. The lowest BCUT2D eigenvalue weighted by Gasteiger charge is -2.22. The van der Waals surface area contributed by atoms with Crippen LogP contribution in [0.5, 0.6) is 0 Å². The molecule has 1 aliphatic heterocycles. The van der Waals surface area contributed by atoms with Crippen LogP contribution in [-0.2, 0) is 4.74 Å². The van der Waals surface area contributed by atoms with Crippen molar-refractivity contribution < 1.29 is 9.53 Å². The van der Waals surface area contributed by atoms with Gasteiger partial charge in [-0.2, -0.15) is 0 Å². The van der Waals surface area contributed by atoms with E-state index in [9.17, 15) is 4.79 Å². The van der Waals surface area contributed by atoms with Crippen LogP contribution < -0.4 is 11.1 Å². The second-order valence-electron chi connectivity index (χ2n) is 4.23. The van der Waals surface area contributed by atoms with Crippen LogP contribution in [0.2, 0.25) is 0 Å². The largest absolute Gasteiger partial charge is 0.383 e. The summed E-state index contributed by atoms with van der Waals surface area (Å²) in [6.07, 6.45) is 3.74. The fraction of sp³-hybridized carbons (Fsp3) is 0.500. The maximum atomic E-state index is 11.8. The molecule has 1 amide bonds. The molecule has 0 saturated carbocycles. The van der Waals surface area contributed by atoms with Crippen molar-refractivity contribution in [3.63, 3.8) is 0 Å². The Labute approximate surface area is 100 Å². The first-order valence-electron chi connectivity index (χ1n) is 5.84. The molecular weight excluding hydrogens is 218 g/mol. The third-order valence-electron chi connectivity index (χ3n) is 2.89. The Morgan fingerprint density at radius 1 is 1.65 bits per heavy atom. The molecule has 0 aromatic carbocycles. The summed E-state index contributed by atoms with van der Waals surface area (Å²) in [6.45, 7) is 2.19. The van der Waals surface area contributed by atoms with Crippen molar-refractivity contribution in [2.24, 2.45) is 5.92 Å². The van der Waals surface area contributed by atoms with E-state index in [1.807, 2.05) is 0 Å². The average Bonchev–Trinajstić information content (AvgIpc) is 2.38. The molecule has 1 aliphatic rings. The number of aromatic nitrogens is 1. The Morgan fingerprint density at radius 3 is 3.24 bits per heavy atom. The Kier molecular flexibility index (Phi) is 3.93. The molecule has 0 spiro atoms. The zero-order valence-electron chi connectivity index (χ0n) is 9.69. The molecule has 17 heavy (non-hydrogen) atoms. The summed E-state index contributed by atoms with van der Waals surface area (Å²) in [5, 5.41) is 2.87. The van der Waals surface area contributed by atoms with E-state index in [1.165, 1.54) is 0 Å². The number of amides is 1. The maximum absolute atomic E-state index is 11.8. The number of carbonyl (C=O) groups excluding carboxylic acids is 1. The van der Waals surface area contributed by atoms with Gasteiger partial charge in [0.05, 0.1) is 12.2 Å². The molecule has 5 nitrogen and oxygen atoms in total. The van der Waals surface area contributed by atoms with Crippen molar-refractivity contribution in [1.29, 1.82) is 0 Å². The molecule has 1 fully saturated rings. The van der Waals surface area contributed by atoms with E-state index in [0.29, 0.717) is 18.0 Å². The number of ether oxygens (including phenoxy) is 1. The number of pyridine rings is 1. The summed E-state index contributed by atoms with van der Waals surface area (Å²) in [5.74, 6) is 0.511. The molecule has 0 radical (unpaired) electrons. The minimum Gasteiger partial charge on any atom is -0.383 e. The Hall–Kier alpha value is -1.62. The van der Waals surface area contributed by atoms with E-state index in [4.69, 9.17) is 10.5 Å². The lowest BCUT2D eigenvalue weighted by atomic mass is 10.0. The van der Waals surface area contributed by atoms with Crippen LogP contribution in [0.15, 0.2) is 18.3 Å². The van der Waals surface area contributed by atoms with E-state index in [0.717, 1.165) is 26.1 Å². The maximum Gasteiger partial charge on any atom is 0.255 e. The summed E-state index contributed by atoms with van der Waals surface area (Å²) in [5.41, 5.74) is 6.07. The van der Waals surface area contributed by atoms with Gasteiger partial charge in [0, 0.05) is 19.3 Å². The van der Waals surface area contributed by atoms with Gasteiger partial charge in [0.15, 0.2) is 0 Å². The third-order valence-corrected chi connectivity index (χ3v) is 2.89. The predicted octanol–water partition coefficient (Wildman–Crippen LogP) is 0.820. The first kappa shape index (κ1) is 11.9. The van der Waals surface area contributed by atoms with Crippen LogP contribution in [-0.4, -0.2) is 30.6 Å². The number of hydrogen-bond donors (Lipinski definition) is 2. The fourth-order valence-corrected chi connectivity index (χ4v) is 1.91. The van der Waals surface area contributed by atoms with Crippen LogP contribution in [0.4, 0.5) is 5.82 Å². The summed E-state index contributed by atoms with van der Waals surface area (Å²) in [4.78, 5) is 15.7. The highest BCUT2D eigenvalue weighted by molar-refractivity contribution is 5.98. The zero-order valence-corrected chi connectivity index (χ0v) is 9.69. The molecule has 2 heterocycles. The highest BCUT2D eigenvalue weighted by atomic mass is 16.5. The second-order valence-corrected chi connectivity index (χ2v) is 4.23. The third kappa shape index (κ3) is 3.17. The van der Waals surface area contributed by atoms with Gasteiger partial charge in [-0.1, -0.05) is 0 Å². The molecule has 1 aromatic rings. The SMILES string of the molecule is Nc1ncccc1C(=O)NCC1CCCOC1. The summed E-state index contributed by atoms with van der Waals surface area (Å²) in [6, 6.07) is 3.38. The lowest BCUT2D eigenvalue weighted by molar-refractivity contribution is 0.0536. The van der Waals surface area contributed by atoms with Crippen molar-refractivity contribution in [3.05, 3.63) is 23.9 Å². The van der Waals surface area contributed by atoms with E-state index in [1.54, 1.807) is 18.3 Å². The van der Waals surface area contributed by atoms with Gasteiger partial charge in [-0.15, -0.1) is 0 Å².